The molecule has 2 aromatic rings. The third-order valence-electron chi connectivity index (χ3n) is 3.55. The Morgan fingerprint density at radius 3 is 2.95 bits per heavy atom. The average Bonchev–Trinajstić information content (AvgIpc) is 2.94. The van der Waals surface area contributed by atoms with Crippen LogP contribution >= 0.6 is 12.4 Å². The normalized spacial score (nSPS) is 14.4. The minimum absolute atomic E-state index is 0. The van der Waals surface area contributed by atoms with Crippen LogP contribution in [0.4, 0.5) is 0 Å². The van der Waals surface area contributed by atoms with Gasteiger partial charge in [-0.05, 0) is 29.7 Å². The highest BCUT2D eigenvalue weighted by Crippen LogP contribution is 2.24. The molecule has 114 valence electrons. The second-order valence-electron chi connectivity index (χ2n) is 4.90. The Morgan fingerprint density at radius 1 is 1.38 bits per heavy atom. The van der Waals surface area contributed by atoms with Crippen LogP contribution in [0.15, 0.2) is 22.7 Å². The van der Waals surface area contributed by atoms with Crippen molar-refractivity contribution in [3.05, 3.63) is 41.0 Å². The van der Waals surface area contributed by atoms with Crippen LogP contribution < -0.4 is 10.5 Å². The molecule has 0 aliphatic carbocycles. The summed E-state index contributed by atoms with van der Waals surface area (Å²) in [6.07, 6.45) is 1.03. The van der Waals surface area contributed by atoms with E-state index in [4.69, 9.17) is 15.0 Å². The number of fused-ring (bicyclic) bond motifs is 1. The summed E-state index contributed by atoms with van der Waals surface area (Å²) in [6.45, 7) is 2.83. The van der Waals surface area contributed by atoms with E-state index in [-0.39, 0.29) is 19.0 Å². The number of hydrogen-bond acceptors (Lipinski definition) is 6. The van der Waals surface area contributed by atoms with E-state index in [1.54, 1.807) is 7.11 Å². The highest BCUT2D eigenvalue weighted by molar-refractivity contribution is 5.85. The molecule has 1 aliphatic heterocycles. The van der Waals surface area contributed by atoms with Crippen molar-refractivity contribution < 1.29 is 9.26 Å². The lowest BCUT2D eigenvalue weighted by Gasteiger charge is -2.27. The predicted octanol–water partition coefficient (Wildman–Crippen LogP) is 1.52. The van der Waals surface area contributed by atoms with Crippen LogP contribution in [-0.2, 0) is 26.1 Å². The molecule has 0 saturated carbocycles. The Kier molecular flexibility index (Phi) is 5.17. The third-order valence-corrected chi connectivity index (χ3v) is 3.55. The largest absolute Gasteiger partial charge is 0.497 e. The molecule has 0 atom stereocenters. The van der Waals surface area contributed by atoms with Crippen molar-refractivity contribution in [2.75, 3.05) is 13.7 Å². The molecular weight excluding hydrogens is 292 g/mol. The number of hydrogen-bond donors (Lipinski definition) is 1. The van der Waals surface area contributed by atoms with E-state index >= 15 is 0 Å². The number of nitrogens with two attached hydrogens (primary N) is 1. The van der Waals surface area contributed by atoms with Crippen LogP contribution in [0.3, 0.4) is 0 Å². The number of methoxy groups -OCH3 is 1. The van der Waals surface area contributed by atoms with Gasteiger partial charge in [0.25, 0.3) is 0 Å². The lowest BCUT2D eigenvalue weighted by Crippen LogP contribution is -2.30. The summed E-state index contributed by atoms with van der Waals surface area (Å²) < 4.78 is 10.3. The van der Waals surface area contributed by atoms with E-state index in [0.717, 1.165) is 25.3 Å². The second kappa shape index (κ2) is 6.89. The van der Waals surface area contributed by atoms with Gasteiger partial charge in [0.05, 0.1) is 20.2 Å². The van der Waals surface area contributed by atoms with Crippen molar-refractivity contribution in [2.24, 2.45) is 5.73 Å². The van der Waals surface area contributed by atoms with E-state index in [1.807, 2.05) is 6.07 Å². The topological polar surface area (TPSA) is 77.4 Å². The van der Waals surface area contributed by atoms with Gasteiger partial charge in [-0.2, -0.15) is 4.98 Å². The maximum atomic E-state index is 5.47. The standard InChI is InChI=1S/C14H18N4O2.ClH/c1-19-12-3-2-10-4-5-18(8-11(10)6-12)9-13-16-14(7-15)20-17-13;/h2-3,6H,4-5,7-9,15H2,1H3;1H. The third kappa shape index (κ3) is 3.53. The zero-order chi connectivity index (χ0) is 13.9. The fourth-order valence-electron chi connectivity index (χ4n) is 2.49. The molecule has 0 saturated heterocycles. The number of aromatic nitrogens is 2. The Balaban J connectivity index is 0.00000161. The van der Waals surface area contributed by atoms with Crippen molar-refractivity contribution in [3.8, 4) is 5.75 Å². The molecule has 21 heavy (non-hydrogen) atoms. The van der Waals surface area contributed by atoms with E-state index < -0.39 is 0 Å². The number of nitrogens with zero attached hydrogens (tertiary/aromatic N) is 3. The molecule has 3 rings (SSSR count). The molecule has 1 aliphatic rings. The molecule has 2 N–H and O–H groups in total. The van der Waals surface area contributed by atoms with Crippen molar-refractivity contribution in [1.82, 2.24) is 15.0 Å². The van der Waals surface area contributed by atoms with Gasteiger partial charge in [0.15, 0.2) is 5.82 Å². The summed E-state index contributed by atoms with van der Waals surface area (Å²) in [4.78, 5) is 6.54. The van der Waals surface area contributed by atoms with Gasteiger partial charge in [-0.1, -0.05) is 11.2 Å². The number of rotatable bonds is 4. The molecule has 1 aromatic carbocycles. The number of ether oxygens (including phenoxy) is 1. The van der Waals surface area contributed by atoms with E-state index in [1.165, 1.54) is 11.1 Å². The molecule has 0 amide bonds. The maximum Gasteiger partial charge on any atom is 0.240 e. The van der Waals surface area contributed by atoms with Gasteiger partial charge in [0, 0.05) is 13.1 Å². The van der Waals surface area contributed by atoms with Gasteiger partial charge in [-0.25, -0.2) is 0 Å². The summed E-state index contributed by atoms with van der Waals surface area (Å²) in [6, 6.07) is 6.26. The first-order valence-electron chi connectivity index (χ1n) is 6.68. The molecule has 0 spiro atoms. The fraction of sp³-hybridized carbons (Fsp3) is 0.429. The quantitative estimate of drug-likeness (QED) is 0.922. The van der Waals surface area contributed by atoms with E-state index in [0.29, 0.717) is 18.3 Å². The molecule has 1 aromatic heterocycles. The van der Waals surface area contributed by atoms with Crippen molar-refractivity contribution in [1.29, 1.82) is 0 Å². The average molecular weight is 311 g/mol. The first-order chi connectivity index (χ1) is 9.78. The molecule has 0 fully saturated rings. The highest BCUT2D eigenvalue weighted by Gasteiger charge is 2.18. The summed E-state index contributed by atoms with van der Waals surface area (Å²) in [5.41, 5.74) is 8.16. The minimum atomic E-state index is 0. The van der Waals surface area contributed by atoms with Gasteiger partial charge < -0.3 is 15.0 Å². The van der Waals surface area contributed by atoms with Crippen LogP contribution in [0.5, 0.6) is 5.75 Å². The molecule has 0 radical (unpaired) electrons. The highest BCUT2D eigenvalue weighted by atomic mass is 35.5. The fourth-order valence-corrected chi connectivity index (χ4v) is 2.49. The van der Waals surface area contributed by atoms with Crippen LogP contribution in [-0.4, -0.2) is 28.7 Å². The zero-order valence-electron chi connectivity index (χ0n) is 11.9. The van der Waals surface area contributed by atoms with E-state index in [2.05, 4.69) is 27.2 Å². The van der Waals surface area contributed by atoms with Crippen LogP contribution in [0, 0.1) is 0 Å². The van der Waals surface area contributed by atoms with Crippen LogP contribution in [0.2, 0.25) is 0 Å². The zero-order valence-corrected chi connectivity index (χ0v) is 12.7. The Morgan fingerprint density at radius 2 is 2.24 bits per heavy atom. The molecule has 6 nitrogen and oxygen atoms in total. The van der Waals surface area contributed by atoms with E-state index in [9.17, 15) is 0 Å². The number of halogens is 1. The predicted molar refractivity (Wildman–Crippen MR) is 80.2 cm³/mol. The Bertz CT molecular complexity index is 602. The molecule has 0 bridgehead atoms. The van der Waals surface area contributed by atoms with Crippen molar-refractivity contribution >= 4 is 12.4 Å². The SMILES string of the molecule is COc1ccc2c(c1)CN(Cc1noc(CN)n1)CC2.Cl. The first-order valence-corrected chi connectivity index (χ1v) is 6.68. The molecule has 2 heterocycles. The second-order valence-corrected chi connectivity index (χ2v) is 4.90. The molecule has 7 heteroatoms. The van der Waals surface area contributed by atoms with Gasteiger partial charge in [0.1, 0.15) is 5.75 Å². The van der Waals surface area contributed by atoms with Gasteiger partial charge in [-0.3, -0.25) is 4.90 Å². The first kappa shape index (κ1) is 15.8. The lowest BCUT2D eigenvalue weighted by atomic mass is 9.99. The molecule has 0 unspecified atom stereocenters. The summed E-state index contributed by atoms with van der Waals surface area (Å²) >= 11 is 0. The number of benzene rings is 1. The Hall–Kier alpha value is -1.63. The van der Waals surface area contributed by atoms with Gasteiger partial charge in [-0.15, -0.1) is 12.4 Å². The lowest BCUT2D eigenvalue weighted by molar-refractivity contribution is 0.235. The monoisotopic (exact) mass is 310 g/mol. The van der Waals surface area contributed by atoms with Crippen LogP contribution in [0.25, 0.3) is 0 Å². The maximum absolute atomic E-state index is 5.47. The molecular formula is C14H19ClN4O2. The van der Waals surface area contributed by atoms with Gasteiger partial charge in [0.2, 0.25) is 5.89 Å². The van der Waals surface area contributed by atoms with Crippen LogP contribution in [0.1, 0.15) is 22.8 Å². The summed E-state index contributed by atoms with van der Waals surface area (Å²) in [5, 5.41) is 3.94. The minimum Gasteiger partial charge on any atom is -0.497 e. The smallest absolute Gasteiger partial charge is 0.240 e. The van der Waals surface area contributed by atoms with Gasteiger partial charge >= 0.3 is 0 Å². The van der Waals surface area contributed by atoms with Crippen molar-refractivity contribution in [3.63, 3.8) is 0 Å². The van der Waals surface area contributed by atoms with Crippen molar-refractivity contribution in [2.45, 2.75) is 26.1 Å². The summed E-state index contributed by atoms with van der Waals surface area (Å²) in [7, 11) is 1.69. The summed E-state index contributed by atoms with van der Waals surface area (Å²) in [5.74, 6) is 2.08. The Labute approximate surface area is 129 Å².